The van der Waals surface area contributed by atoms with E-state index >= 15 is 0 Å². The first-order valence-electron chi connectivity index (χ1n) is 6.80. The van der Waals surface area contributed by atoms with Gasteiger partial charge in [-0.1, -0.05) is 6.92 Å². The zero-order chi connectivity index (χ0) is 13.2. The lowest BCUT2D eigenvalue weighted by Crippen LogP contribution is -2.44. The van der Waals surface area contributed by atoms with Crippen molar-refractivity contribution in [1.29, 1.82) is 0 Å². The molecule has 2 rings (SSSR count). The maximum Gasteiger partial charge on any atom is 0.242 e. The smallest absolute Gasteiger partial charge is 0.242 e. The maximum atomic E-state index is 12.2. The van der Waals surface area contributed by atoms with Crippen LogP contribution in [0.1, 0.15) is 32.6 Å². The van der Waals surface area contributed by atoms with E-state index in [9.17, 15) is 9.59 Å². The van der Waals surface area contributed by atoms with Gasteiger partial charge in [0.15, 0.2) is 0 Å². The summed E-state index contributed by atoms with van der Waals surface area (Å²) >= 11 is 0. The Morgan fingerprint density at radius 2 is 2.17 bits per heavy atom. The normalized spacial score (nSPS) is 28.9. The molecule has 2 heterocycles. The summed E-state index contributed by atoms with van der Waals surface area (Å²) in [5.74, 6) is 0.192. The highest BCUT2D eigenvalue weighted by Gasteiger charge is 2.35. The number of carbonyl (C=O) groups is 2. The van der Waals surface area contributed by atoms with E-state index in [1.807, 2.05) is 4.90 Å². The minimum Gasteiger partial charge on any atom is -0.341 e. The molecule has 102 valence electrons. The van der Waals surface area contributed by atoms with Gasteiger partial charge < -0.3 is 15.5 Å². The predicted octanol–water partition coefficient (Wildman–Crippen LogP) is 0.196. The minimum absolute atomic E-state index is 0.0571. The van der Waals surface area contributed by atoms with Crippen LogP contribution in [-0.4, -0.2) is 54.3 Å². The van der Waals surface area contributed by atoms with Crippen LogP contribution in [0.2, 0.25) is 0 Å². The fraction of sp³-hybridized carbons (Fsp3) is 0.846. The molecule has 0 aliphatic carbocycles. The number of amides is 2. The molecule has 0 saturated carbocycles. The lowest BCUT2D eigenvalue weighted by atomic mass is 9.90. The van der Waals surface area contributed by atoms with Crippen LogP contribution in [0.4, 0.5) is 0 Å². The van der Waals surface area contributed by atoms with Crippen molar-refractivity contribution in [2.75, 3.05) is 32.7 Å². The van der Waals surface area contributed by atoms with Crippen LogP contribution in [0.15, 0.2) is 0 Å². The highest BCUT2D eigenvalue weighted by molar-refractivity contribution is 5.85. The van der Waals surface area contributed by atoms with Gasteiger partial charge >= 0.3 is 0 Å². The summed E-state index contributed by atoms with van der Waals surface area (Å²) in [7, 11) is 0. The highest BCUT2D eigenvalue weighted by Crippen LogP contribution is 2.28. The van der Waals surface area contributed by atoms with Crippen LogP contribution < -0.4 is 5.73 Å². The Bertz CT molecular complexity index is 345. The number of hydrogen-bond donors (Lipinski definition) is 1. The number of hydrogen-bond acceptors (Lipinski definition) is 3. The van der Waals surface area contributed by atoms with Crippen molar-refractivity contribution in [2.24, 2.45) is 11.1 Å². The van der Waals surface area contributed by atoms with Gasteiger partial charge in [0.25, 0.3) is 0 Å². The average Bonchev–Trinajstić information content (AvgIpc) is 2.76. The zero-order valence-electron chi connectivity index (χ0n) is 11.2. The molecule has 2 N–H and O–H groups in total. The van der Waals surface area contributed by atoms with Crippen molar-refractivity contribution in [3.63, 3.8) is 0 Å². The fourth-order valence-electron chi connectivity index (χ4n) is 2.70. The van der Waals surface area contributed by atoms with Gasteiger partial charge in [0.1, 0.15) is 0 Å². The van der Waals surface area contributed by atoms with Crippen molar-refractivity contribution in [3.8, 4) is 0 Å². The van der Waals surface area contributed by atoms with E-state index in [2.05, 4.69) is 6.92 Å². The Morgan fingerprint density at radius 1 is 1.39 bits per heavy atom. The van der Waals surface area contributed by atoms with E-state index in [0.29, 0.717) is 13.0 Å². The maximum absolute atomic E-state index is 12.2. The summed E-state index contributed by atoms with van der Waals surface area (Å²) in [6, 6.07) is 0. The van der Waals surface area contributed by atoms with Gasteiger partial charge in [0, 0.05) is 26.1 Å². The molecule has 0 bridgehead atoms. The van der Waals surface area contributed by atoms with Crippen LogP contribution in [-0.2, 0) is 9.59 Å². The molecule has 2 fully saturated rings. The van der Waals surface area contributed by atoms with Gasteiger partial charge in [-0.3, -0.25) is 9.59 Å². The van der Waals surface area contributed by atoms with Gasteiger partial charge in [0.05, 0.1) is 6.54 Å². The second-order valence-corrected chi connectivity index (χ2v) is 5.85. The summed E-state index contributed by atoms with van der Waals surface area (Å²) in [5.41, 5.74) is 5.79. The van der Waals surface area contributed by atoms with Gasteiger partial charge in [-0.15, -0.1) is 0 Å². The molecule has 0 aromatic carbocycles. The van der Waals surface area contributed by atoms with Gasteiger partial charge in [-0.25, -0.2) is 0 Å². The third-order valence-electron chi connectivity index (χ3n) is 4.15. The van der Waals surface area contributed by atoms with Crippen molar-refractivity contribution in [2.45, 2.75) is 32.6 Å². The summed E-state index contributed by atoms with van der Waals surface area (Å²) in [5, 5.41) is 0. The first-order chi connectivity index (χ1) is 8.54. The number of rotatable bonds is 3. The summed E-state index contributed by atoms with van der Waals surface area (Å²) in [6.45, 7) is 5.21. The van der Waals surface area contributed by atoms with E-state index in [-0.39, 0.29) is 23.8 Å². The number of likely N-dealkylation sites (tertiary alicyclic amines) is 2. The van der Waals surface area contributed by atoms with Crippen LogP contribution in [0.3, 0.4) is 0 Å². The number of nitrogens with zero attached hydrogens (tertiary/aromatic N) is 2. The van der Waals surface area contributed by atoms with Crippen LogP contribution in [0.25, 0.3) is 0 Å². The zero-order valence-corrected chi connectivity index (χ0v) is 11.2. The molecular formula is C13H23N3O2. The van der Waals surface area contributed by atoms with Crippen LogP contribution in [0.5, 0.6) is 0 Å². The lowest BCUT2D eigenvalue weighted by Gasteiger charge is -2.29. The van der Waals surface area contributed by atoms with Crippen LogP contribution in [0, 0.1) is 5.41 Å². The summed E-state index contributed by atoms with van der Waals surface area (Å²) in [6.07, 6.45) is 3.52. The Balaban J connectivity index is 1.87. The predicted molar refractivity (Wildman–Crippen MR) is 68.8 cm³/mol. The number of carbonyl (C=O) groups excluding carboxylic acids is 2. The molecule has 18 heavy (non-hydrogen) atoms. The third kappa shape index (κ3) is 2.83. The fourth-order valence-corrected chi connectivity index (χ4v) is 2.70. The molecule has 2 amide bonds. The van der Waals surface area contributed by atoms with E-state index in [0.717, 1.165) is 38.9 Å². The molecule has 0 aromatic rings. The molecule has 0 aromatic heterocycles. The minimum atomic E-state index is 0.0571. The third-order valence-corrected chi connectivity index (χ3v) is 4.15. The summed E-state index contributed by atoms with van der Waals surface area (Å²) in [4.78, 5) is 27.4. The second kappa shape index (κ2) is 5.26. The van der Waals surface area contributed by atoms with Crippen molar-refractivity contribution < 1.29 is 9.59 Å². The summed E-state index contributed by atoms with van der Waals surface area (Å²) < 4.78 is 0. The van der Waals surface area contributed by atoms with Crippen molar-refractivity contribution >= 4 is 11.8 Å². The average molecular weight is 253 g/mol. The Labute approximate surface area is 108 Å². The quantitative estimate of drug-likeness (QED) is 0.781. The first kappa shape index (κ1) is 13.3. The van der Waals surface area contributed by atoms with Gasteiger partial charge in [-0.2, -0.15) is 0 Å². The molecule has 1 unspecified atom stereocenters. The highest BCUT2D eigenvalue weighted by atomic mass is 16.2. The topological polar surface area (TPSA) is 66.6 Å². The second-order valence-electron chi connectivity index (χ2n) is 5.85. The molecule has 2 aliphatic heterocycles. The van der Waals surface area contributed by atoms with Crippen molar-refractivity contribution in [3.05, 3.63) is 0 Å². The number of nitrogens with two attached hydrogens (primary N) is 1. The molecule has 0 spiro atoms. The lowest BCUT2D eigenvalue weighted by molar-refractivity contribution is -0.141. The Hall–Kier alpha value is -1.10. The molecule has 0 radical (unpaired) electrons. The van der Waals surface area contributed by atoms with E-state index in [1.165, 1.54) is 0 Å². The van der Waals surface area contributed by atoms with E-state index in [4.69, 9.17) is 5.73 Å². The molecule has 2 saturated heterocycles. The van der Waals surface area contributed by atoms with E-state index < -0.39 is 0 Å². The largest absolute Gasteiger partial charge is 0.341 e. The standard InChI is InChI=1S/C13H23N3O2/c1-13(9-14)5-7-16(10-13)12(18)8-15-6-3-2-4-11(15)17/h2-10,14H2,1H3. The number of piperidine rings is 1. The van der Waals surface area contributed by atoms with Crippen LogP contribution >= 0.6 is 0 Å². The molecule has 1 atom stereocenters. The van der Waals surface area contributed by atoms with Gasteiger partial charge in [0.2, 0.25) is 11.8 Å². The SMILES string of the molecule is CC1(CN)CCN(C(=O)CN2CCCCC2=O)C1. The molecule has 5 heteroatoms. The van der Waals surface area contributed by atoms with Gasteiger partial charge in [-0.05, 0) is 31.2 Å². The van der Waals surface area contributed by atoms with E-state index in [1.54, 1.807) is 4.90 Å². The first-order valence-corrected chi connectivity index (χ1v) is 6.80. The Morgan fingerprint density at radius 3 is 2.78 bits per heavy atom. The molecular weight excluding hydrogens is 230 g/mol. The molecule has 2 aliphatic rings. The Kier molecular flexibility index (Phi) is 3.90. The monoisotopic (exact) mass is 253 g/mol. The van der Waals surface area contributed by atoms with Crippen molar-refractivity contribution in [1.82, 2.24) is 9.80 Å². The molecule has 5 nitrogen and oxygen atoms in total.